The number of nitrogens with zero attached hydrogens (tertiary/aromatic N) is 1. The lowest BCUT2D eigenvalue weighted by Crippen LogP contribution is -2.40. The first kappa shape index (κ1) is 18.4. The molecule has 22 heavy (non-hydrogen) atoms. The fraction of sp³-hybridized carbons (Fsp3) is 0.500. The summed E-state index contributed by atoms with van der Waals surface area (Å²) < 4.78 is 11.7. The average Bonchev–Trinajstić information content (AvgIpc) is 2.41. The first-order valence-corrected chi connectivity index (χ1v) is 10.1. The quantitative estimate of drug-likeness (QED) is 0.316. The zero-order valence-electron chi connectivity index (χ0n) is 14.0. The van der Waals surface area contributed by atoms with Crippen molar-refractivity contribution in [2.75, 3.05) is 6.61 Å². The average molecular weight is 323 g/mol. The van der Waals surface area contributed by atoms with Crippen molar-refractivity contribution in [2.24, 2.45) is 0 Å². The molecule has 0 aliphatic heterocycles. The van der Waals surface area contributed by atoms with Gasteiger partial charge in [0.05, 0.1) is 11.5 Å². The van der Waals surface area contributed by atoms with Gasteiger partial charge >= 0.3 is 0 Å². The first-order chi connectivity index (χ1) is 10.1. The van der Waals surface area contributed by atoms with Gasteiger partial charge in [0, 0.05) is 17.7 Å². The molecule has 0 N–H and O–H groups in total. The number of non-ortho nitro benzene ring substituents is 1. The Morgan fingerprint density at radius 1 is 1.36 bits per heavy atom. The second-order valence-electron chi connectivity index (χ2n) is 6.70. The van der Waals surface area contributed by atoms with Crippen molar-refractivity contribution in [3.8, 4) is 5.75 Å². The van der Waals surface area contributed by atoms with Crippen LogP contribution in [0.4, 0.5) is 5.69 Å². The Hall–Kier alpha value is -1.66. The molecule has 0 unspecified atom stereocenters. The van der Waals surface area contributed by atoms with E-state index in [9.17, 15) is 10.1 Å². The van der Waals surface area contributed by atoms with E-state index in [0.717, 1.165) is 0 Å². The van der Waals surface area contributed by atoms with Crippen LogP contribution < -0.4 is 4.74 Å². The molecule has 5 nitrogen and oxygen atoms in total. The van der Waals surface area contributed by atoms with Gasteiger partial charge in [0.2, 0.25) is 0 Å². The van der Waals surface area contributed by atoms with Gasteiger partial charge in [-0.1, -0.05) is 33.4 Å². The van der Waals surface area contributed by atoms with Gasteiger partial charge in [0.15, 0.2) is 8.32 Å². The summed E-state index contributed by atoms with van der Waals surface area (Å²) in [6, 6.07) is 4.58. The van der Waals surface area contributed by atoms with Crippen LogP contribution in [0.25, 0.3) is 0 Å². The largest absolute Gasteiger partial charge is 0.489 e. The number of hydrogen-bond donors (Lipinski definition) is 0. The lowest BCUT2D eigenvalue weighted by molar-refractivity contribution is -0.385. The van der Waals surface area contributed by atoms with Crippen LogP contribution in [0.2, 0.25) is 18.1 Å². The van der Waals surface area contributed by atoms with Crippen LogP contribution in [0.3, 0.4) is 0 Å². The van der Waals surface area contributed by atoms with Crippen molar-refractivity contribution in [3.63, 3.8) is 0 Å². The molecule has 0 amide bonds. The van der Waals surface area contributed by atoms with Crippen molar-refractivity contribution in [3.05, 3.63) is 46.5 Å². The summed E-state index contributed by atoms with van der Waals surface area (Å²) in [4.78, 5) is 10.5. The molecule has 0 radical (unpaired) electrons. The Kier molecular flexibility index (Phi) is 5.90. The fourth-order valence-electron chi connectivity index (χ4n) is 1.56. The number of ether oxygens (including phenoxy) is 1. The van der Waals surface area contributed by atoms with Crippen molar-refractivity contribution in [2.45, 2.75) is 45.5 Å². The molecule has 0 aliphatic rings. The van der Waals surface area contributed by atoms with E-state index in [2.05, 4.69) is 40.4 Å². The van der Waals surface area contributed by atoms with Crippen LogP contribution in [0.15, 0.2) is 30.9 Å². The molecule has 122 valence electrons. The standard InChI is InChI=1S/C16H25NO4Si/c1-7-10-20-15-9-8-14(17(18)19)11-13(15)12-21-22(5,6)16(2,3)4/h7-9,11H,1,10,12H2,2-6H3. The van der Waals surface area contributed by atoms with Crippen LogP contribution in [0.1, 0.15) is 26.3 Å². The SMILES string of the molecule is C=CCOc1ccc([N+](=O)[O-])cc1CO[Si](C)(C)C(C)(C)C. The van der Waals surface area contributed by atoms with Gasteiger partial charge in [-0.15, -0.1) is 0 Å². The highest BCUT2D eigenvalue weighted by atomic mass is 28.4. The molecule has 1 aromatic carbocycles. The van der Waals surface area contributed by atoms with Gasteiger partial charge in [0.25, 0.3) is 5.69 Å². The second-order valence-corrected chi connectivity index (χ2v) is 11.5. The highest BCUT2D eigenvalue weighted by Crippen LogP contribution is 2.37. The van der Waals surface area contributed by atoms with Crippen molar-refractivity contribution < 1.29 is 14.1 Å². The van der Waals surface area contributed by atoms with Gasteiger partial charge < -0.3 is 9.16 Å². The van der Waals surface area contributed by atoms with Crippen molar-refractivity contribution in [1.82, 2.24) is 0 Å². The van der Waals surface area contributed by atoms with Crippen LogP contribution >= 0.6 is 0 Å². The van der Waals surface area contributed by atoms with Crippen molar-refractivity contribution >= 4 is 14.0 Å². The van der Waals surface area contributed by atoms with Crippen LogP contribution in [-0.4, -0.2) is 19.8 Å². The molecule has 0 aromatic heterocycles. The highest BCUT2D eigenvalue weighted by Gasteiger charge is 2.37. The van der Waals surface area contributed by atoms with E-state index < -0.39 is 13.2 Å². The smallest absolute Gasteiger partial charge is 0.270 e. The maximum atomic E-state index is 11.0. The van der Waals surface area contributed by atoms with E-state index in [4.69, 9.17) is 9.16 Å². The Morgan fingerprint density at radius 3 is 2.50 bits per heavy atom. The fourth-order valence-corrected chi connectivity index (χ4v) is 2.51. The number of hydrogen-bond acceptors (Lipinski definition) is 4. The molecule has 0 fully saturated rings. The number of rotatable bonds is 7. The summed E-state index contributed by atoms with van der Waals surface area (Å²) in [5.74, 6) is 0.601. The molecule has 6 heteroatoms. The first-order valence-electron chi connectivity index (χ1n) is 7.23. The predicted octanol–water partition coefficient (Wildman–Crippen LogP) is 4.68. The van der Waals surface area contributed by atoms with Gasteiger partial charge in [-0.3, -0.25) is 10.1 Å². The maximum absolute atomic E-state index is 11.0. The monoisotopic (exact) mass is 323 g/mol. The molecule has 0 aliphatic carbocycles. The molecule has 1 aromatic rings. The van der Waals surface area contributed by atoms with Crippen molar-refractivity contribution in [1.29, 1.82) is 0 Å². The van der Waals surface area contributed by atoms with E-state index in [1.807, 2.05) is 0 Å². The molecule has 0 bridgehead atoms. The summed E-state index contributed by atoms with van der Waals surface area (Å²) in [5, 5.41) is 11.0. The van der Waals surface area contributed by atoms with Crippen LogP contribution in [0.5, 0.6) is 5.75 Å². The highest BCUT2D eigenvalue weighted by molar-refractivity contribution is 6.74. The Bertz CT molecular complexity index is 550. The lowest BCUT2D eigenvalue weighted by Gasteiger charge is -2.36. The molecule has 0 heterocycles. The van der Waals surface area contributed by atoms with E-state index in [0.29, 0.717) is 24.5 Å². The van der Waals surface area contributed by atoms with E-state index in [-0.39, 0.29) is 10.7 Å². The normalized spacial score (nSPS) is 12.0. The summed E-state index contributed by atoms with van der Waals surface area (Å²) >= 11 is 0. The summed E-state index contributed by atoms with van der Waals surface area (Å²) in [6.45, 7) is 15.0. The Labute approximate surface area is 133 Å². The second kappa shape index (κ2) is 7.06. The van der Waals surface area contributed by atoms with E-state index in [1.165, 1.54) is 12.1 Å². The molecule has 0 spiro atoms. The summed E-state index contributed by atoms with van der Waals surface area (Å²) in [6.07, 6.45) is 1.64. The summed E-state index contributed by atoms with van der Waals surface area (Å²) in [7, 11) is -1.93. The minimum atomic E-state index is -1.93. The molecule has 1 rings (SSSR count). The van der Waals surface area contributed by atoms with E-state index in [1.54, 1.807) is 12.1 Å². The van der Waals surface area contributed by atoms with Gasteiger partial charge in [0.1, 0.15) is 12.4 Å². The maximum Gasteiger partial charge on any atom is 0.270 e. The van der Waals surface area contributed by atoms with Gasteiger partial charge in [-0.05, 0) is 24.2 Å². The molecular weight excluding hydrogens is 298 g/mol. The summed E-state index contributed by atoms with van der Waals surface area (Å²) in [5.41, 5.74) is 0.737. The zero-order chi connectivity index (χ0) is 17.0. The Morgan fingerprint density at radius 2 is 2.00 bits per heavy atom. The Balaban J connectivity index is 3.01. The minimum absolute atomic E-state index is 0.0415. The molecule has 0 saturated carbocycles. The molecule has 0 atom stereocenters. The third-order valence-electron chi connectivity index (χ3n) is 4.01. The molecule has 0 saturated heterocycles. The molecular formula is C16H25NO4Si. The van der Waals surface area contributed by atoms with Gasteiger partial charge in [-0.25, -0.2) is 0 Å². The number of nitro benzene ring substituents is 1. The number of nitro groups is 1. The third kappa shape index (κ3) is 4.67. The van der Waals surface area contributed by atoms with Gasteiger partial charge in [-0.2, -0.15) is 0 Å². The topological polar surface area (TPSA) is 61.6 Å². The third-order valence-corrected chi connectivity index (χ3v) is 8.48. The predicted molar refractivity (Wildman–Crippen MR) is 90.8 cm³/mol. The number of benzene rings is 1. The lowest BCUT2D eigenvalue weighted by atomic mass is 10.2. The van der Waals surface area contributed by atoms with Crippen LogP contribution in [0, 0.1) is 10.1 Å². The zero-order valence-corrected chi connectivity index (χ0v) is 15.0. The van der Waals surface area contributed by atoms with E-state index >= 15 is 0 Å². The van der Waals surface area contributed by atoms with Crippen LogP contribution in [-0.2, 0) is 11.0 Å². The minimum Gasteiger partial charge on any atom is -0.489 e.